The first-order valence-electron chi connectivity index (χ1n) is 24.9. The summed E-state index contributed by atoms with van der Waals surface area (Å²) in [5, 5.41) is 9.55. The van der Waals surface area contributed by atoms with E-state index in [1.807, 2.05) is 0 Å². The number of carbonyl (C=O) groups excluding carboxylic acids is 2. The Balaban J connectivity index is 3.95. The van der Waals surface area contributed by atoms with Crippen LogP contribution in [0.5, 0.6) is 0 Å². The molecule has 7 nitrogen and oxygen atoms in total. The summed E-state index contributed by atoms with van der Waals surface area (Å²) in [6.45, 7) is 10.9. The van der Waals surface area contributed by atoms with E-state index in [0.29, 0.717) is 19.6 Å². The molecular formula is C49H97NO6. The normalized spacial score (nSPS) is 12.0. The van der Waals surface area contributed by atoms with Gasteiger partial charge in [-0.1, -0.05) is 194 Å². The fourth-order valence-electron chi connectivity index (χ4n) is 7.67. The van der Waals surface area contributed by atoms with Gasteiger partial charge in [-0.2, -0.15) is 0 Å². The van der Waals surface area contributed by atoms with Gasteiger partial charge in [0.1, 0.15) is 6.10 Å². The minimum Gasteiger partial charge on any atom is -0.466 e. The summed E-state index contributed by atoms with van der Waals surface area (Å²) in [5.41, 5.74) is 0. The molecule has 0 saturated heterocycles. The Morgan fingerprint density at radius 1 is 0.429 bits per heavy atom. The maximum Gasteiger partial charge on any atom is 0.508 e. The van der Waals surface area contributed by atoms with Crippen LogP contribution in [-0.4, -0.2) is 67.7 Å². The van der Waals surface area contributed by atoms with E-state index < -0.39 is 6.16 Å². The average molecular weight is 796 g/mol. The zero-order valence-electron chi connectivity index (χ0n) is 37.9. The zero-order valence-corrected chi connectivity index (χ0v) is 37.9. The van der Waals surface area contributed by atoms with Gasteiger partial charge in [-0.3, -0.25) is 4.79 Å². The standard InChI is InChI=1S/C49H97NO6/c1-4-7-10-13-16-17-19-25-32-39-47(38-31-24-18-14-11-8-5-2)56-49(53)55-46-37-30-23-21-28-35-42-50(43-44-51)41-34-27-20-22-29-36-45-54-48(52)40-33-26-15-12-9-6-3/h47,51H,4-46H2,1-3H3. The third kappa shape index (κ3) is 42.3. The lowest BCUT2D eigenvalue weighted by Crippen LogP contribution is -2.29. The third-order valence-electron chi connectivity index (χ3n) is 11.4. The number of hydrogen-bond donors (Lipinski definition) is 1. The van der Waals surface area contributed by atoms with Gasteiger partial charge in [-0.05, 0) is 70.9 Å². The lowest BCUT2D eigenvalue weighted by Gasteiger charge is -2.21. The van der Waals surface area contributed by atoms with Crippen molar-refractivity contribution in [3.63, 3.8) is 0 Å². The van der Waals surface area contributed by atoms with E-state index in [9.17, 15) is 14.7 Å². The van der Waals surface area contributed by atoms with Crippen LogP contribution >= 0.6 is 0 Å². The summed E-state index contributed by atoms with van der Waals surface area (Å²) in [7, 11) is 0. The quantitative estimate of drug-likeness (QED) is 0.0485. The Bertz CT molecular complexity index is 795. The van der Waals surface area contributed by atoms with Crippen LogP contribution in [0.25, 0.3) is 0 Å². The van der Waals surface area contributed by atoms with Crippen molar-refractivity contribution < 1.29 is 28.9 Å². The molecule has 0 aliphatic heterocycles. The molecule has 0 aromatic rings. The van der Waals surface area contributed by atoms with Crippen molar-refractivity contribution in [2.45, 2.75) is 264 Å². The summed E-state index contributed by atoms with van der Waals surface area (Å²) in [6, 6.07) is 0. The molecule has 0 fully saturated rings. The minimum absolute atomic E-state index is 0.00160. The number of unbranched alkanes of at least 4 members (excludes halogenated alkanes) is 29. The van der Waals surface area contributed by atoms with Gasteiger partial charge in [0.05, 0.1) is 19.8 Å². The molecule has 0 bridgehead atoms. The number of aliphatic hydroxyl groups excluding tert-OH is 1. The Morgan fingerprint density at radius 2 is 0.786 bits per heavy atom. The van der Waals surface area contributed by atoms with Crippen molar-refractivity contribution in [2.75, 3.05) is 39.5 Å². The van der Waals surface area contributed by atoms with E-state index in [4.69, 9.17) is 14.2 Å². The number of rotatable bonds is 46. The maximum absolute atomic E-state index is 12.6. The molecule has 0 radical (unpaired) electrons. The average Bonchev–Trinajstić information content (AvgIpc) is 3.19. The summed E-state index contributed by atoms with van der Waals surface area (Å²) in [6.07, 6.45) is 43.6. The second kappa shape index (κ2) is 46.4. The van der Waals surface area contributed by atoms with Crippen molar-refractivity contribution >= 4 is 12.1 Å². The Labute approximate surface area is 348 Å². The number of esters is 1. The molecule has 0 aromatic heterocycles. The molecule has 0 aliphatic rings. The molecule has 0 spiro atoms. The van der Waals surface area contributed by atoms with Crippen LogP contribution in [0.1, 0.15) is 258 Å². The zero-order chi connectivity index (χ0) is 40.8. The van der Waals surface area contributed by atoms with Gasteiger partial charge < -0.3 is 24.2 Å². The highest BCUT2D eigenvalue weighted by molar-refractivity contribution is 5.69. The number of nitrogens with zero attached hydrogens (tertiary/aromatic N) is 1. The lowest BCUT2D eigenvalue weighted by molar-refractivity contribution is -0.143. The van der Waals surface area contributed by atoms with Gasteiger partial charge in [0.15, 0.2) is 0 Å². The summed E-state index contributed by atoms with van der Waals surface area (Å²) < 4.78 is 16.8. The predicted octanol–water partition coefficient (Wildman–Crippen LogP) is 14.8. The molecular weight excluding hydrogens is 699 g/mol. The highest BCUT2D eigenvalue weighted by atomic mass is 16.7. The molecule has 0 heterocycles. The monoisotopic (exact) mass is 796 g/mol. The smallest absolute Gasteiger partial charge is 0.466 e. The van der Waals surface area contributed by atoms with Crippen molar-refractivity contribution in [3.05, 3.63) is 0 Å². The van der Waals surface area contributed by atoms with Crippen molar-refractivity contribution in [2.24, 2.45) is 0 Å². The third-order valence-corrected chi connectivity index (χ3v) is 11.4. The van der Waals surface area contributed by atoms with Gasteiger partial charge in [-0.25, -0.2) is 4.79 Å². The van der Waals surface area contributed by atoms with Crippen LogP contribution in [0.4, 0.5) is 4.79 Å². The van der Waals surface area contributed by atoms with Gasteiger partial charge in [0.25, 0.3) is 0 Å². The molecule has 334 valence electrons. The van der Waals surface area contributed by atoms with E-state index in [1.54, 1.807) is 0 Å². The first-order chi connectivity index (χ1) is 27.6. The lowest BCUT2D eigenvalue weighted by atomic mass is 10.0. The maximum atomic E-state index is 12.6. The number of hydrogen-bond acceptors (Lipinski definition) is 7. The molecule has 0 saturated carbocycles. The molecule has 0 rings (SSSR count). The van der Waals surface area contributed by atoms with Crippen LogP contribution in [0.2, 0.25) is 0 Å². The SMILES string of the molecule is CCCCCCCCCCCC(CCCCCCCCC)OC(=O)OCCCCCCCCN(CCO)CCCCCCCCOC(=O)CCCCCCCC. The largest absolute Gasteiger partial charge is 0.508 e. The first kappa shape index (κ1) is 54.7. The molecule has 56 heavy (non-hydrogen) atoms. The minimum atomic E-state index is -0.463. The number of aliphatic hydroxyl groups is 1. The van der Waals surface area contributed by atoms with Gasteiger partial charge >= 0.3 is 12.1 Å². The van der Waals surface area contributed by atoms with Crippen LogP contribution in [0, 0.1) is 0 Å². The topological polar surface area (TPSA) is 85.3 Å². The predicted molar refractivity (Wildman–Crippen MR) is 239 cm³/mol. The molecule has 1 N–H and O–H groups in total. The van der Waals surface area contributed by atoms with E-state index in [0.717, 1.165) is 90.3 Å². The highest BCUT2D eigenvalue weighted by Gasteiger charge is 2.15. The molecule has 1 unspecified atom stereocenters. The number of ether oxygens (including phenoxy) is 3. The van der Waals surface area contributed by atoms with Crippen LogP contribution in [-0.2, 0) is 19.0 Å². The van der Waals surface area contributed by atoms with E-state index in [1.165, 1.54) is 161 Å². The first-order valence-corrected chi connectivity index (χ1v) is 24.9. The van der Waals surface area contributed by atoms with Crippen molar-refractivity contribution in [1.29, 1.82) is 0 Å². The second-order valence-electron chi connectivity index (χ2n) is 16.9. The van der Waals surface area contributed by atoms with Crippen molar-refractivity contribution in [3.8, 4) is 0 Å². The molecule has 7 heteroatoms. The fraction of sp³-hybridized carbons (Fsp3) is 0.959. The summed E-state index contributed by atoms with van der Waals surface area (Å²) in [4.78, 5) is 26.9. The molecule has 0 aliphatic carbocycles. The van der Waals surface area contributed by atoms with Gasteiger partial charge in [-0.15, -0.1) is 0 Å². The summed E-state index contributed by atoms with van der Waals surface area (Å²) >= 11 is 0. The van der Waals surface area contributed by atoms with Crippen LogP contribution in [0.3, 0.4) is 0 Å². The Hall–Kier alpha value is -1.34. The molecule has 0 amide bonds. The van der Waals surface area contributed by atoms with Crippen LogP contribution < -0.4 is 0 Å². The van der Waals surface area contributed by atoms with E-state index in [-0.39, 0.29) is 18.7 Å². The molecule has 1 atom stereocenters. The Morgan fingerprint density at radius 3 is 1.21 bits per heavy atom. The van der Waals surface area contributed by atoms with Gasteiger partial charge in [0.2, 0.25) is 0 Å². The highest BCUT2D eigenvalue weighted by Crippen LogP contribution is 2.19. The second-order valence-corrected chi connectivity index (χ2v) is 16.9. The van der Waals surface area contributed by atoms with E-state index in [2.05, 4.69) is 25.7 Å². The van der Waals surface area contributed by atoms with E-state index >= 15 is 0 Å². The van der Waals surface area contributed by atoms with Gasteiger partial charge in [0, 0.05) is 13.0 Å². The fourth-order valence-corrected chi connectivity index (χ4v) is 7.67. The van der Waals surface area contributed by atoms with Crippen LogP contribution in [0.15, 0.2) is 0 Å². The Kier molecular flexibility index (Phi) is 45.2. The number of carbonyl (C=O) groups is 2. The molecule has 0 aromatic carbocycles. The summed E-state index contributed by atoms with van der Waals surface area (Å²) in [5.74, 6) is -0.0235. The van der Waals surface area contributed by atoms with Crippen molar-refractivity contribution in [1.82, 2.24) is 4.90 Å².